The lowest BCUT2D eigenvalue weighted by Crippen LogP contribution is -2.03. The first-order chi connectivity index (χ1) is 3.83. The molecular weight excluding hydrogens is 104 g/mol. The lowest BCUT2D eigenvalue weighted by molar-refractivity contribution is -0.112. The molecule has 0 amide bonds. The summed E-state index contributed by atoms with van der Waals surface area (Å²) < 4.78 is 0. The van der Waals surface area contributed by atoms with Gasteiger partial charge in [0.25, 0.3) is 0 Å². The second-order valence-electron chi connectivity index (χ2n) is 2.45. The van der Waals surface area contributed by atoms with Crippen LogP contribution in [0.2, 0.25) is 0 Å². The molecule has 1 saturated carbocycles. The van der Waals surface area contributed by atoms with Gasteiger partial charge in [-0.25, -0.2) is 0 Å². The molecule has 1 fully saturated rings. The number of carbonyl (C=O) groups excluding carboxylic acids is 1. The van der Waals surface area contributed by atoms with E-state index in [2.05, 4.69) is 0 Å². The average Bonchev–Trinajstić information content (AvgIpc) is 2.50. The van der Waals surface area contributed by atoms with E-state index in [1.807, 2.05) is 0 Å². The van der Waals surface area contributed by atoms with E-state index in [0.29, 0.717) is 6.42 Å². The minimum absolute atomic E-state index is 0.0885. The zero-order valence-corrected chi connectivity index (χ0v) is 4.76. The van der Waals surface area contributed by atoms with E-state index >= 15 is 0 Å². The summed E-state index contributed by atoms with van der Waals surface area (Å²) in [7, 11) is 0. The van der Waals surface area contributed by atoms with Gasteiger partial charge in [0, 0.05) is 12.0 Å². The van der Waals surface area contributed by atoms with Crippen LogP contribution in [0.15, 0.2) is 0 Å². The number of hydrogen-bond donors (Lipinski definition) is 1. The Morgan fingerprint density at radius 3 is 2.38 bits per heavy atom. The van der Waals surface area contributed by atoms with Crippen molar-refractivity contribution in [3.05, 3.63) is 0 Å². The summed E-state index contributed by atoms with van der Waals surface area (Å²) in [5.74, 6) is 0. The van der Waals surface area contributed by atoms with Crippen molar-refractivity contribution in [1.29, 1.82) is 0 Å². The van der Waals surface area contributed by atoms with Crippen LogP contribution in [0.5, 0.6) is 0 Å². The Bertz CT molecular complexity index is 94.7. The quantitative estimate of drug-likeness (QED) is 0.537. The Hall–Kier alpha value is -0.370. The molecule has 0 saturated heterocycles. The number of aliphatic hydroxyl groups is 1. The van der Waals surface area contributed by atoms with Gasteiger partial charge in [0.1, 0.15) is 6.29 Å². The molecule has 1 N–H and O–H groups in total. The van der Waals surface area contributed by atoms with Crippen LogP contribution >= 0.6 is 0 Å². The van der Waals surface area contributed by atoms with Gasteiger partial charge in [0.15, 0.2) is 0 Å². The summed E-state index contributed by atoms with van der Waals surface area (Å²) >= 11 is 0. The van der Waals surface area contributed by atoms with Gasteiger partial charge in [-0.3, -0.25) is 0 Å². The number of rotatable bonds is 3. The fourth-order valence-corrected chi connectivity index (χ4v) is 0.810. The summed E-state index contributed by atoms with van der Waals surface area (Å²) in [6, 6.07) is 0. The smallest absolute Gasteiger partial charge is 0.126 e. The highest BCUT2D eigenvalue weighted by Gasteiger charge is 2.41. The molecule has 0 aromatic carbocycles. The standard InChI is InChI=1S/C6H10O2/c7-4-3-6(5-8)1-2-6/h5,7H,1-4H2. The first-order valence-electron chi connectivity index (χ1n) is 2.90. The first-order valence-corrected chi connectivity index (χ1v) is 2.90. The molecule has 1 aliphatic carbocycles. The van der Waals surface area contributed by atoms with Crippen molar-refractivity contribution in [3.8, 4) is 0 Å². The highest BCUT2D eigenvalue weighted by atomic mass is 16.3. The molecular formula is C6H10O2. The Labute approximate surface area is 48.5 Å². The summed E-state index contributed by atoms with van der Waals surface area (Å²) in [6.45, 7) is 0.152. The molecule has 0 aliphatic heterocycles. The number of aliphatic hydroxyl groups excluding tert-OH is 1. The highest BCUT2D eigenvalue weighted by molar-refractivity contribution is 5.63. The van der Waals surface area contributed by atoms with E-state index in [0.717, 1.165) is 19.1 Å². The Kier molecular flexibility index (Phi) is 1.34. The molecule has 0 spiro atoms. The molecule has 46 valence electrons. The van der Waals surface area contributed by atoms with Crippen LogP contribution in [0.1, 0.15) is 19.3 Å². The van der Waals surface area contributed by atoms with Gasteiger partial charge in [0.2, 0.25) is 0 Å². The van der Waals surface area contributed by atoms with Crippen molar-refractivity contribution in [1.82, 2.24) is 0 Å². The van der Waals surface area contributed by atoms with Crippen LogP contribution in [-0.2, 0) is 4.79 Å². The lowest BCUT2D eigenvalue weighted by atomic mass is 10.1. The predicted octanol–water partition coefficient (Wildman–Crippen LogP) is 0.348. The van der Waals surface area contributed by atoms with E-state index in [1.165, 1.54) is 0 Å². The van der Waals surface area contributed by atoms with Gasteiger partial charge in [-0.15, -0.1) is 0 Å². The Morgan fingerprint density at radius 1 is 1.62 bits per heavy atom. The molecule has 1 aliphatic rings. The largest absolute Gasteiger partial charge is 0.396 e. The topological polar surface area (TPSA) is 37.3 Å². The molecule has 1 rings (SSSR count). The lowest BCUT2D eigenvalue weighted by Gasteiger charge is -1.99. The van der Waals surface area contributed by atoms with Crippen molar-refractivity contribution in [2.24, 2.45) is 5.41 Å². The van der Waals surface area contributed by atoms with Crippen LogP contribution in [0, 0.1) is 5.41 Å². The number of aldehydes is 1. The maximum atomic E-state index is 10.2. The molecule has 0 bridgehead atoms. The van der Waals surface area contributed by atoms with Crippen LogP contribution in [0.25, 0.3) is 0 Å². The van der Waals surface area contributed by atoms with Gasteiger partial charge in [-0.05, 0) is 19.3 Å². The van der Waals surface area contributed by atoms with Crippen LogP contribution in [0.3, 0.4) is 0 Å². The molecule has 0 atom stereocenters. The molecule has 0 aromatic heterocycles. The van der Waals surface area contributed by atoms with Gasteiger partial charge in [-0.2, -0.15) is 0 Å². The molecule has 0 radical (unpaired) electrons. The predicted molar refractivity (Wildman–Crippen MR) is 29.4 cm³/mol. The zero-order valence-electron chi connectivity index (χ0n) is 4.76. The van der Waals surface area contributed by atoms with Crippen LogP contribution in [-0.4, -0.2) is 18.0 Å². The molecule has 2 heteroatoms. The third-order valence-corrected chi connectivity index (χ3v) is 1.75. The van der Waals surface area contributed by atoms with E-state index in [4.69, 9.17) is 5.11 Å². The zero-order chi connectivity index (χ0) is 6.04. The summed E-state index contributed by atoms with van der Waals surface area (Å²) in [5, 5.41) is 8.41. The number of hydrogen-bond acceptors (Lipinski definition) is 2. The van der Waals surface area contributed by atoms with Gasteiger partial charge in [0.05, 0.1) is 0 Å². The monoisotopic (exact) mass is 114 g/mol. The second kappa shape index (κ2) is 1.86. The maximum absolute atomic E-state index is 10.2. The van der Waals surface area contributed by atoms with E-state index in [9.17, 15) is 4.79 Å². The maximum Gasteiger partial charge on any atom is 0.126 e. The van der Waals surface area contributed by atoms with E-state index in [1.54, 1.807) is 0 Å². The molecule has 8 heavy (non-hydrogen) atoms. The fourth-order valence-electron chi connectivity index (χ4n) is 0.810. The van der Waals surface area contributed by atoms with Crippen LogP contribution < -0.4 is 0 Å². The Balaban J connectivity index is 2.30. The Morgan fingerprint density at radius 2 is 2.25 bits per heavy atom. The highest BCUT2D eigenvalue weighted by Crippen LogP contribution is 2.46. The van der Waals surface area contributed by atoms with Gasteiger partial charge in [-0.1, -0.05) is 0 Å². The van der Waals surface area contributed by atoms with Crippen molar-refractivity contribution in [2.75, 3.05) is 6.61 Å². The molecule has 0 aromatic rings. The van der Waals surface area contributed by atoms with E-state index in [-0.39, 0.29) is 12.0 Å². The minimum atomic E-state index is -0.0885. The molecule has 2 nitrogen and oxygen atoms in total. The minimum Gasteiger partial charge on any atom is -0.396 e. The molecule has 0 unspecified atom stereocenters. The van der Waals surface area contributed by atoms with Crippen molar-refractivity contribution in [2.45, 2.75) is 19.3 Å². The SMILES string of the molecule is O=CC1(CCO)CC1. The van der Waals surface area contributed by atoms with Crippen molar-refractivity contribution >= 4 is 6.29 Å². The first kappa shape index (κ1) is 5.76. The van der Waals surface area contributed by atoms with E-state index < -0.39 is 0 Å². The van der Waals surface area contributed by atoms with Crippen molar-refractivity contribution < 1.29 is 9.90 Å². The van der Waals surface area contributed by atoms with Crippen molar-refractivity contribution in [3.63, 3.8) is 0 Å². The third-order valence-electron chi connectivity index (χ3n) is 1.75. The van der Waals surface area contributed by atoms with Crippen LogP contribution in [0.4, 0.5) is 0 Å². The average molecular weight is 114 g/mol. The van der Waals surface area contributed by atoms with Gasteiger partial charge < -0.3 is 9.90 Å². The summed E-state index contributed by atoms with van der Waals surface area (Å²) in [4.78, 5) is 10.2. The fraction of sp³-hybridized carbons (Fsp3) is 0.833. The third kappa shape index (κ3) is 0.892. The molecule has 0 heterocycles. The second-order valence-corrected chi connectivity index (χ2v) is 2.45. The normalized spacial score (nSPS) is 22.6. The summed E-state index contributed by atoms with van der Waals surface area (Å²) in [5.41, 5.74) is -0.0885. The number of carbonyl (C=O) groups is 1. The summed E-state index contributed by atoms with van der Waals surface area (Å²) in [6.07, 6.45) is 3.60. The van der Waals surface area contributed by atoms with Gasteiger partial charge >= 0.3 is 0 Å².